The molecule has 0 spiro atoms. The minimum atomic E-state index is -0.340. The summed E-state index contributed by atoms with van der Waals surface area (Å²) in [5, 5.41) is 4.21. The predicted molar refractivity (Wildman–Crippen MR) is 119 cm³/mol. The van der Waals surface area contributed by atoms with E-state index in [2.05, 4.69) is 21.8 Å². The lowest BCUT2D eigenvalue weighted by molar-refractivity contribution is 0.0966. The monoisotopic (exact) mass is 419 g/mol. The third-order valence-electron chi connectivity index (χ3n) is 5.49. The highest BCUT2D eigenvalue weighted by Gasteiger charge is 2.22. The van der Waals surface area contributed by atoms with E-state index in [1.54, 1.807) is 44.5 Å². The van der Waals surface area contributed by atoms with Gasteiger partial charge in [0.15, 0.2) is 5.78 Å². The molecule has 8 nitrogen and oxygen atoms in total. The molecular formula is C23H25N5O3. The van der Waals surface area contributed by atoms with Gasteiger partial charge in [-0.2, -0.15) is 5.10 Å². The van der Waals surface area contributed by atoms with Crippen LogP contribution in [0.3, 0.4) is 0 Å². The molecule has 1 saturated heterocycles. The maximum Gasteiger partial charge on any atom is 0.293 e. The first-order valence-electron chi connectivity index (χ1n) is 10.4. The van der Waals surface area contributed by atoms with Crippen molar-refractivity contribution >= 4 is 22.8 Å². The lowest BCUT2D eigenvalue weighted by atomic mass is 10.1. The number of rotatable bonds is 6. The molecule has 0 atom stereocenters. The van der Waals surface area contributed by atoms with Crippen LogP contribution in [0.1, 0.15) is 36.5 Å². The smallest absolute Gasteiger partial charge is 0.293 e. The van der Waals surface area contributed by atoms with Gasteiger partial charge in [-0.05, 0) is 50.5 Å². The molecule has 1 aliphatic rings. The molecule has 0 radical (unpaired) electrons. The largest absolute Gasteiger partial charge is 0.497 e. The van der Waals surface area contributed by atoms with E-state index >= 15 is 0 Å². The Hall–Kier alpha value is -3.60. The molecule has 0 amide bonds. The van der Waals surface area contributed by atoms with Crippen molar-refractivity contribution in [3.63, 3.8) is 0 Å². The normalized spacial score (nSPS) is 13.7. The van der Waals surface area contributed by atoms with Gasteiger partial charge in [-0.25, -0.2) is 9.67 Å². The maximum atomic E-state index is 13.3. The van der Waals surface area contributed by atoms with E-state index in [9.17, 15) is 9.59 Å². The van der Waals surface area contributed by atoms with Gasteiger partial charge in [-0.1, -0.05) is 5.92 Å². The summed E-state index contributed by atoms with van der Waals surface area (Å²) in [5.74, 6) is 7.15. The van der Waals surface area contributed by atoms with E-state index in [0.29, 0.717) is 28.9 Å². The zero-order valence-corrected chi connectivity index (χ0v) is 17.8. The highest BCUT2D eigenvalue weighted by molar-refractivity contribution is 5.96. The van der Waals surface area contributed by atoms with Gasteiger partial charge in [0, 0.05) is 18.7 Å². The van der Waals surface area contributed by atoms with Gasteiger partial charge in [-0.3, -0.25) is 14.2 Å². The zero-order valence-electron chi connectivity index (χ0n) is 17.8. The molecule has 2 aromatic heterocycles. The number of carbonyl (C=O) groups is 1. The number of hydrogen-bond acceptors (Lipinski definition) is 6. The molecule has 0 unspecified atom stereocenters. The van der Waals surface area contributed by atoms with Crippen molar-refractivity contribution in [3.05, 3.63) is 46.4 Å². The quantitative estimate of drug-likeness (QED) is 0.451. The molecule has 31 heavy (non-hydrogen) atoms. The minimum Gasteiger partial charge on any atom is -0.497 e. The lowest BCUT2D eigenvalue weighted by Crippen LogP contribution is -2.32. The average Bonchev–Trinajstić information content (AvgIpc) is 3.19. The van der Waals surface area contributed by atoms with Crippen molar-refractivity contribution in [2.45, 2.75) is 39.3 Å². The summed E-state index contributed by atoms with van der Waals surface area (Å²) in [6, 6.07) is 6.80. The third kappa shape index (κ3) is 4.17. The Labute approximate surface area is 180 Å². The predicted octanol–water partition coefficient (Wildman–Crippen LogP) is 2.50. The third-order valence-corrected chi connectivity index (χ3v) is 5.49. The summed E-state index contributed by atoms with van der Waals surface area (Å²) in [4.78, 5) is 32.9. The van der Waals surface area contributed by atoms with E-state index < -0.39 is 0 Å². The summed E-state index contributed by atoms with van der Waals surface area (Å²) in [7, 11) is 1.57. The molecule has 0 saturated carbocycles. The fourth-order valence-electron chi connectivity index (χ4n) is 3.83. The van der Waals surface area contributed by atoms with Gasteiger partial charge in [0.05, 0.1) is 19.9 Å². The van der Waals surface area contributed by atoms with Crippen LogP contribution in [-0.2, 0) is 13.1 Å². The van der Waals surface area contributed by atoms with E-state index in [0.717, 1.165) is 31.9 Å². The molecule has 0 aliphatic carbocycles. The lowest BCUT2D eigenvalue weighted by Gasteiger charge is -2.27. The maximum absolute atomic E-state index is 13.3. The number of Topliss-reactive ketones (excluding diaryl/α,β-unsaturated/α-hetero) is 1. The SMILES string of the molecule is CC#CCn1c(N2CCCCC2)nc2cnn(CC(=O)c3ccc(OC)cc3)c(=O)c21. The van der Waals surface area contributed by atoms with Crippen molar-refractivity contribution in [2.24, 2.45) is 0 Å². The number of aromatic nitrogens is 4. The van der Waals surface area contributed by atoms with Crippen LogP contribution in [0.15, 0.2) is 35.3 Å². The molecule has 8 heteroatoms. The summed E-state index contributed by atoms with van der Waals surface area (Å²) < 4.78 is 8.19. The fourth-order valence-corrected chi connectivity index (χ4v) is 3.83. The topological polar surface area (TPSA) is 82.2 Å². The summed E-state index contributed by atoms with van der Waals surface area (Å²) in [6.07, 6.45) is 4.96. The van der Waals surface area contributed by atoms with Gasteiger partial charge in [0.1, 0.15) is 23.3 Å². The number of ketones is 1. The standard InChI is InChI=1S/C23H25N5O3/c1-3-4-14-27-21-19(25-23(27)26-12-6-5-7-13-26)15-24-28(22(21)30)16-20(29)17-8-10-18(31-2)11-9-17/h8-11,15H,5-7,12-14,16H2,1-2H3. The Bertz CT molecular complexity index is 1210. The van der Waals surface area contributed by atoms with Crippen molar-refractivity contribution in [1.82, 2.24) is 19.3 Å². The molecule has 1 aromatic carbocycles. The van der Waals surface area contributed by atoms with E-state index in [1.165, 1.54) is 11.1 Å². The zero-order chi connectivity index (χ0) is 21.8. The number of anilines is 1. The number of ether oxygens (including phenoxy) is 1. The van der Waals surface area contributed by atoms with Crippen LogP contribution < -0.4 is 15.2 Å². The van der Waals surface area contributed by atoms with Crippen LogP contribution >= 0.6 is 0 Å². The van der Waals surface area contributed by atoms with Gasteiger partial charge < -0.3 is 9.64 Å². The number of hydrogen-bond donors (Lipinski definition) is 0. The van der Waals surface area contributed by atoms with Crippen LogP contribution in [0, 0.1) is 11.8 Å². The second kappa shape index (κ2) is 9.04. The Kier molecular flexibility index (Phi) is 6.03. The van der Waals surface area contributed by atoms with Gasteiger partial charge in [-0.15, -0.1) is 5.92 Å². The molecule has 3 aromatic rings. The van der Waals surface area contributed by atoms with Crippen LogP contribution in [0.4, 0.5) is 5.95 Å². The Morgan fingerprint density at radius 1 is 1.16 bits per heavy atom. The second-order valence-electron chi connectivity index (χ2n) is 7.47. The Morgan fingerprint density at radius 3 is 2.58 bits per heavy atom. The Balaban J connectivity index is 1.71. The Morgan fingerprint density at radius 2 is 1.90 bits per heavy atom. The molecule has 4 rings (SSSR count). The van der Waals surface area contributed by atoms with Gasteiger partial charge in [0.25, 0.3) is 5.56 Å². The number of imidazole rings is 1. The molecule has 1 aliphatic heterocycles. The van der Waals surface area contributed by atoms with Crippen molar-refractivity contribution in [1.29, 1.82) is 0 Å². The number of carbonyl (C=O) groups excluding carboxylic acids is 1. The molecular weight excluding hydrogens is 394 g/mol. The molecule has 160 valence electrons. The van der Waals surface area contributed by atoms with Crippen LogP contribution in [0.25, 0.3) is 11.0 Å². The minimum absolute atomic E-state index is 0.148. The van der Waals surface area contributed by atoms with Gasteiger partial charge in [0.2, 0.25) is 5.95 Å². The van der Waals surface area contributed by atoms with Crippen LogP contribution in [-0.4, -0.2) is 45.3 Å². The number of benzene rings is 1. The van der Waals surface area contributed by atoms with Crippen LogP contribution in [0.5, 0.6) is 5.75 Å². The molecule has 0 bridgehead atoms. The number of fused-ring (bicyclic) bond motifs is 1. The number of methoxy groups -OCH3 is 1. The second-order valence-corrected chi connectivity index (χ2v) is 7.47. The molecule has 3 heterocycles. The fraction of sp³-hybridized carbons (Fsp3) is 0.391. The summed E-state index contributed by atoms with van der Waals surface area (Å²) in [5.41, 5.74) is 1.11. The van der Waals surface area contributed by atoms with E-state index in [4.69, 9.17) is 9.72 Å². The highest BCUT2D eigenvalue weighted by atomic mass is 16.5. The highest BCUT2D eigenvalue weighted by Crippen LogP contribution is 2.23. The summed E-state index contributed by atoms with van der Waals surface area (Å²) in [6.45, 7) is 3.79. The van der Waals surface area contributed by atoms with Crippen LogP contribution in [0.2, 0.25) is 0 Å². The molecule has 1 fully saturated rings. The van der Waals surface area contributed by atoms with E-state index in [-0.39, 0.29) is 17.9 Å². The average molecular weight is 419 g/mol. The van der Waals surface area contributed by atoms with Gasteiger partial charge >= 0.3 is 0 Å². The molecule has 0 N–H and O–H groups in total. The number of nitrogens with zero attached hydrogens (tertiary/aromatic N) is 5. The first-order chi connectivity index (χ1) is 15.1. The first-order valence-corrected chi connectivity index (χ1v) is 10.4. The number of piperidine rings is 1. The van der Waals surface area contributed by atoms with E-state index in [1.807, 2.05) is 4.57 Å². The summed E-state index contributed by atoms with van der Waals surface area (Å²) >= 11 is 0. The van der Waals surface area contributed by atoms with Crippen molar-refractivity contribution < 1.29 is 9.53 Å². The first kappa shape index (κ1) is 20.7. The van der Waals surface area contributed by atoms with Crippen molar-refractivity contribution in [3.8, 4) is 17.6 Å². The van der Waals surface area contributed by atoms with Crippen molar-refractivity contribution in [2.75, 3.05) is 25.1 Å².